The van der Waals surface area contributed by atoms with E-state index in [2.05, 4.69) is 10.1 Å². The first-order valence-corrected chi connectivity index (χ1v) is 5.43. The highest BCUT2D eigenvalue weighted by molar-refractivity contribution is 5.72. The number of aryl methyl sites for hydroxylation is 1. The van der Waals surface area contributed by atoms with Gasteiger partial charge in [-0.1, -0.05) is 0 Å². The molecule has 0 aliphatic rings. The van der Waals surface area contributed by atoms with Crippen LogP contribution in [0.15, 0.2) is 35.0 Å². The summed E-state index contributed by atoms with van der Waals surface area (Å²) in [6.07, 6.45) is 3.44. The second-order valence-electron chi connectivity index (χ2n) is 4.09. The maximum atomic E-state index is 13.0. The standard InChI is InChI=1S/C12H11FN4O/c1-17-6-7(5-15-17)11(14)12-16-9-4-8(13)2-3-10(9)18-12/h2-6,11H,14H2,1H3. The van der Waals surface area contributed by atoms with Crippen LogP contribution in [0, 0.1) is 5.82 Å². The number of nitrogens with two attached hydrogens (primary N) is 1. The van der Waals surface area contributed by atoms with Crippen molar-refractivity contribution in [1.29, 1.82) is 0 Å². The number of benzene rings is 1. The topological polar surface area (TPSA) is 69.9 Å². The molecule has 5 nitrogen and oxygen atoms in total. The van der Waals surface area contributed by atoms with E-state index in [-0.39, 0.29) is 5.82 Å². The minimum atomic E-state index is -0.505. The highest BCUT2D eigenvalue weighted by Gasteiger charge is 2.17. The van der Waals surface area contributed by atoms with Gasteiger partial charge in [0, 0.05) is 24.9 Å². The van der Waals surface area contributed by atoms with Gasteiger partial charge in [0.25, 0.3) is 0 Å². The second kappa shape index (κ2) is 3.92. The van der Waals surface area contributed by atoms with E-state index in [9.17, 15) is 4.39 Å². The van der Waals surface area contributed by atoms with Crippen LogP contribution in [0.25, 0.3) is 11.1 Å². The Hall–Kier alpha value is -2.21. The first-order valence-electron chi connectivity index (χ1n) is 5.43. The quantitative estimate of drug-likeness (QED) is 0.747. The fourth-order valence-corrected chi connectivity index (χ4v) is 1.79. The van der Waals surface area contributed by atoms with Crippen molar-refractivity contribution in [2.75, 3.05) is 0 Å². The summed E-state index contributed by atoms with van der Waals surface area (Å²) in [5, 5.41) is 4.04. The van der Waals surface area contributed by atoms with Crippen LogP contribution in [0.1, 0.15) is 17.5 Å². The van der Waals surface area contributed by atoms with Crippen molar-refractivity contribution in [3.8, 4) is 0 Å². The van der Waals surface area contributed by atoms with Gasteiger partial charge in [0.2, 0.25) is 5.89 Å². The molecule has 1 unspecified atom stereocenters. The first-order chi connectivity index (χ1) is 8.63. The van der Waals surface area contributed by atoms with Crippen LogP contribution in [0.2, 0.25) is 0 Å². The van der Waals surface area contributed by atoms with Gasteiger partial charge in [-0.25, -0.2) is 9.37 Å². The molecule has 2 N–H and O–H groups in total. The molecule has 0 bridgehead atoms. The van der Waals surface area contributed by atoms with E-state index in [0.717, 1.165) is 5.56 Å². The lowest BCUT2D eigenvalue weighted by atomic mass is 10.2. The number of fused-ring (bicyclic) bond motifs is 1. The minimum Gasteiger partial charge on any atom is -0.439 e. The van der Waals surface area contributed by atoms with E-state index >= 15 is 0 Å². The Kier molecular flexibility index (Phi) is 2.38. The third kappa shape index (κ3) is 1.76. The highest BCUT2D eigenvalue weighted by atomic mass is 19.1. The van der Waals surface area contributed by atoms with Crippen molar-refractivity contribution in [3.63, 3.8) is 0 Å². The van der Waals surface area contributed by atoms with Crippen LogP contribution in [-0.2, 0) is 7.05 Å². The monoisotopic (exact) mass is 246 g/mol. The van der Waals surface area contributed by atoms with Crippen molar-refractivity contribution in [3.05, 3.63) is 47.9 Å². The van der Waals surface area contributed by atoms with Crippen molar-refractivity contribution in [2.45, 2.75) is 6.04 Å². The van der Waals surface area contributed by atoms with Crippen molar-refractivity contribution < 1.29 is 8.81 Å². The average molecular weight is 246 g/mol. The van der Waals surface area contributed by atoms with Crippen molar-refractivity contribution in [2.24, 2.45) is 12.8 Å². The summed E-state index contributed by atoms with van der Waals surface area (Å²) in [5.41, 5.74) is 7.81. The molecule has 2 heterocycles. The van der Waals surface area contributed by atoms with Gasteiger partial charge < -0.3 is 10.2 Å². The van der Waals surface area contributed by atoms with E-state index < -0.39 is 6.04 Å². The number of aromatic nitrogens is 3. The molecule has 2 aromatic heterocycles. The normalized spacial score (nSPS) is 13.1. The van der Waals surface area contributed by atoms with Gasteiger partial charge in [0.15, 0.2) is 5.58 Å². The first kappa shape index (κ1) is 10.9. The molecule has 3 aromatic rings. The van der Waals surface area contributed by atoms with Gasteiger partial charge in [-0.2, -0.15) is 5.10 Å². The molecule has 0 saturated carbocycles. The van der Waals surface area contributed by atoms with E-state index in [1.807, 2.05) is 0 Å². The zero-order chi connectivity index (χ0) is 12.7. The lowest BCUT2D eigenvalue weighted by molar-refractivity contribution is 0.504. The van der Waals surface area contributed by atoms with Crippen LogP contribution >= 0.6 is 0 Å². The van der Waals surface area contributed by atoms with Gasteiger partial charge in [0.1, 0.15) is 17.4 Å². The summed E-state index contributed by atoms with van der Waals surface area (Å²) in [7, 11) is 1.80. The molecule has 3 rings (SSSR count). The Labute approximate surface area is 102 Å². The predicted octanol–water partition coefficient (Wildman–Crippen LogP) is 1.75. The Morgan fingerprint density at radius 3 is 3.00 bits per heavy atom. The molecule has 18 heavy (non-hydrogen) atoms. The summed E-state index contributed by atoms with van der Waals surface area (Å²) in [6, 6.07) is 3.68. The van der Waals surface area contributed by atoms with Gasteiger partial charge in [-0.05, 0) is 12.1 Å². The Bertz CT molecular complexity index is 703. The summed E-state index contributed by atoms with van der Waals surface area (Å²) in [4.78, 5) is 4.19. The number of nitrogens with zero attached hydrogens (tertiary/aromatic N) is 3. The molecule has 0 radical (unpaired) electrons. The molecule has 0 aliphatic carbocycles. The van der Waals surface area contributed by atoms with Gasteiger partial charge >= 0.3 is 0 Å². The van der Waals surface area contributed by atoms with Gasteiger partial charge in [0.05, 0.1) is 6.20 Å². The lowest BCUT2D eigenvalue weighted by Gasteiger charge is -2.02. The Balaban J connectivity index is 2.03. The van der Waals surface area contributed by atoms with E-state index in [1.165, 1.54) is 18.2 Å². The largest absolute Gasteiger partial charge is 0.439 e. The predicted molar refractivity (Wildman–Crippen MR) is 63.2 cm³/mol. The van der Waals surface area contributed by atoms with Crippen LogP contribution in [0.4, 0.5) is 4.39 Å². The van der Waals surface area contributed by atoms with Crippen molar-refractivity contribution in [1.82, 2.24) is 14.8 Å². The lowest BCUT2D eigenvalue weighted by Crippen LogP contribution is -2.11. The average Bonchev–Trinajstić information content (AvgIpc) is 2.93. The molecule has 1 aromatic carbocycles. The van der Waals surface area contributed by atoms with Gasteiger partial charge in [-0.15, -0.1) is 0 Å². The zero-order valence-electron chi connectivity index (χ0n) is 9.67. The smallest absolute Gasteiger partial charge is 0.217 e. The fraction of sp³-hybridized carbons (Fsp3) is 0.167. The summed E-state index contributed by atoms with van der Waals surface area (Å²) in [6.45, 7) is 0. The van der Waals surface area contributed by atoms with Crippen LogP contribution in [-0.4, -0.2) is 14.8 Å². The van der Waals surface area contributed by atoms with E-state index in [4.69, 9.17) is 10.2 Å². The molecular weight excluding hydrogens is 235 g/mol. The molecule has 0 saturated heterocycles. The molecule has 1 atom stereocenters. The number of hydrogen-bond donors (Lipinski definition) is 1. The SMILES string of the molecule is Cn1cc(C(N)c2nc3cc(F)ccc3o2)cn1. The summed E-state index contributed by atoms with van der Waals surface area (Å²) < 4.78 is 20.2. The zero-order valence-corrected chi connectivity index (χ0v) is 9.67. The summed E-state index contributed by atoms with van der Waals surface area (Å²) in [5.74, 6) is 0.000833. The van der Waals surface area contributed by atoms with Crippen LogP contribution < -0.4 is 5.73 Å². The third-order valence-corrected chi connectivity index (χ3v) is 2.72. The van der Waals surface area contributed by atoms with E-state index in [1.54, 1.807) is 24.1 Å². The Morgan fingerprint density at radius 2 is 2.28 bits per heavy atom. The van der Waals surface area contributed by atoms with Gasteiger partial charge in [-0.3, -0.25) is 4.68 Å². The van der Waals surface area contributed by atoms with Crippen molar-refractivity contribution >= 4 is 11.1 Å². The molecule has 0 amide bonds. The molecule has 0 aliphatic heterocycles. The number of halogens is 1. The van der Waals surface area contributed by atoms with Crippen LogP contribution in [0.3, 0.4) is 0 Å². The molecule has 0 spiro atoms. The maximum Gasteiger partial charge on any atom is 0.217 e. The second-order valence-corrected chi connectivity index (χ2v) is 4.09. The molecule has 92 valence electrons. The van der Waals surface area contributed by atoms with Crippen LogP contribution in [0.5, 0.6) is 0 Å². The highest BCUT2D eigenvalue weighted by Crippen LogP contribution is 2.23. The Morgan fingerprint density at radius 1 is 1.44 bits per heavy atom. The molecule has 0 fully saturated rings. The fourth-order valence-electron chi connectivity index (χ4n) is 1.79. The third-order valence-electron chi connectivity index (χ3n) is 2.72. The van der Waals surface area contributed by atoms with E-state index in [0.29, 0.717) is 17.0 Å². The number of hydrogen-bond acceptors (Lipinski definition) is 4. The minimum absolute atomic E-state index is 0.350. The molecule has 6 heteroatoms. The maximum absolute atomic E-state index is 13.0. The molecular formula is C12H11FN4O. The summed E-state index contributed by atoms with van der Waals surface area (Å²) >= 11 is 0. The number of rotatable bonds is 2. The number of oxazole rings is 1.